The van der Waals surface area contributed by atoms with E-state index < -0.39 is 0 Å². The molecule has 0 bridgehead atoms. The molecule has 130 valence electrons. The average molecular weight is 404 g/mol. The molecule has 1 saturated heterocycles. The zero-order chi connectivity index (χ0) is 17.5. The lowest BCUT2D eigenvalue weighted by Crippen LogP contribution is -2.62. The van der Waals surface area contributed by atoms with E-state index in [-0.39, 0.29) is 12.2 Å². The lowest BCUT2D eigenvalue weighted by molar-refractivity contribution is 0.217. The molecule has 0 aliphatic carbocycles. The minimum absolute atomic E-state index is 0.262. The maximum Gasteiger partial charge on any atom is 0.330 e. The minimum Gasteiger partial charge on any atom is -0.489 e. The lowest BCUT2D eigenvalue weighted by Gasteiger charge is -2.24. The third-order valence-corrected chi connectivity index (χ3v) is 3.96. The van der Waals surface area contributed by atoms with Gasteiger partial charge in [-0.3, -0.25) is 10.9 Å². The van der Waals surface area contributed by atoms with Gasteiger partial charge < -0.3 is 10.1 Å². The average Bonchev–Trinajstić information content (AvgIpc) is 2.62. The highest BCUT2D eigenvalue weighted by Crippen LogP contribution is 2.16. The van der Waals surface area contributed by atoms with Crippen molar-refractivity contribution in [1.29, 1.82) is 0 Å². The minimum atomic E-state index is -0.290. The zero-order valence-corrected chi connectivity index (χ0v) is 14.9. The van der Waals surface area contributed by atoms with E-state index in [1.54, 1.807) is 6.21 Å². The molecule has 1 heterocycles. The molecular formula is C17H18BrN5O2. The fourth-order valence-corrected chi connectivity index (χ4v) is 2.45. The fourth-order valence-electron chi connectivity index (χ4n) is 2.19. The van der Waals surface area contributed by atoms with Crippen LogP contribution in [-0.4, -0.2) is 25.0 Å². The van der Waals surface area contributed by atoms with Crippen LogP contribution < -0.4 is 26.3 Å². The van der Waals surface area contributed by atoms with Gasteiger partial charge in [0.05, 0.1) is 12.8 Å². The van der Waals surface area contributed by atoms with E-state index in [2.05, 4.69) is 42.6 Å². The van der Waals surface area contributed by atoms with Gasteiger partial charge in [0.1, 0.15) is 18.5 Å². The summed E-state index contributed by atoms with van der Waals surface area (Å²) in [4.78, 5) is 11.2. The molecule has 1 aliphatic heterocycles. The van der Waals surface area contributed by atoms with Crippen molar-refractivity contribution in [2.24, 2.45) is 5.10 Å². The van der Waals surface area contributed by atoms with E-state index in [0.717, 1.165) is 21.3 Å². The van der Waals surface area contributed by atoms with Crippen LogP contribution in [0.1, 0.15) is 11.1 Å². The van der Waals surface area contributed by atoms with Crippen molar-refractivity contribution in [3.63, 3.8) is 0 Å². The topological polar surface area (TPSA) is 86.8 Å². The summed E-state index contributed by atoms with van der Waals surface area (Å²) in [6.07, 6.45) is 1.42. The largest absolute Gasteiger partial charge is 0.489 e. The summed E-state index contributed by atoms with van der Waals surface area (Å²) in [7, 11) is 0. The molecule has 0 saturated carbocycles. The second-order valence-electron chi connectivity index (χ2n) is 5.41. The predicted molar refractivity (Wildman–Crippen MR) is 99.1 cm³/mol. The molecule has 2 aromatic rings. The Morgan fingerprint density at radius 2 is 2.12 bits per heavy atom. The first-order valence-electron chi connectivity index (χ1n) is 7.74. The number of nitrogens with zero attached hydrogens (tertiary/aromatic N) is 1. The Hall–Kier alpha value is -2.58. The van der Waals surface area contributed by atoms with Gasteiger partial charge in [0.15, 0.2) is 0 Å². The number of amides is 2. The molecule has 0 aromatic heterocycles. The maximum atomic E-state index is 11.2. The molecule has 1 aliphatic rings. The van der Waals surface area contributed by atoms with Crippen LogP contribution in [-0.2, 0) is 6.61 Å². The second-order valence-corrected chi connectivity index (χ2v) is 6.32. The molecule has 2 amide bonds. The van der Waals surface area contributed by atoms with E-state index in [1.807, 2.05) is 48.5 Å². The van der Waals surface area contributed by atoms with E-state index in [0.29, 0.717) is 13.2 Å². The molecule has 2 aromatic carbocycles. The number of hydrazone groups is 1. The molecule has 1 atom stereocenters. The Labute approximate surface area is 153 Å². The molecule has 1 fully saturated rings. The molecule has 0 spiro atoms. The number of carbonyl (C=O) groups excluding carboxylic acids is 1. The third-order valence-electron chi connectivity index (χ3n) is 3.43. The van der Waals surface area contributed by atoms with Crippen molar-refractivity contribution in [2.75, 3.05) is 6.54 Å². The lowest BCUT2D eigenvalue weighted by atomic mass is 10.2. The van der Waals surface area contributed by atoms with Gasteiger partial charge in [-0.05, 0) is 35.4 Å². The molecule has 25 heavy (non-hydrogen) atoms. The quantitative estimate of drug-likeness (QED) is 0.439. The molecule has 0 radical (unpaired) electrons. The number of rotatable bonds is 6. The van der Waals surface area contributed by atoms with Crippen LogP contribution in [0, 0.1) is 0 Å². The molecule has 1 unspecified atom stereocenters. The van der Waals surface area contributed by atoms with Gasteiger partial charge in [-0.2, -0.15) is 5.10 Å². The smallest absolute Gasteiger partial charge is 0.330 e. The van der Waals surface area contributed by atoms with Crippen molar-refractivity contribution in [2.45, 2.75) is 12.8 Å². The predicted octanol–water partition coefficient (Wildman–Crippen LogP) is 2.10. The van der Waals surface area contributed by atoms with E-state index in [9.17, 15) is 4.79 Å². The molecule has 3 rings (SSSR count). The first-order chi connectivity index (χ1) is 12.2. The Morgan fingerprint density at radius 1 is 1.28 bits per heavy atom. The second kappa shape index (κ2) is 8.50. The Bertz CT molecular complexity index is 751. The zero-order valence-electron chi connectivity index (χ0n) is 13.3. The van der Waals surface area contributed by atoms with Gasteiger partial charge in [-0.15, -0.1) is 0 Å². The van der Waals surface area contributed by atoms with Crippen LogP contribution in [0.25, 0.3) is 0 Å². The number of hydrogen-bond acceptors (Lipinski definition) is 5. The van der Waals surface area contributed by atoms with Gasteiger partial charge in [-0.25, -0.2) is 10.2 Å². The van der Waals surface area contributed by atoms with Crippen molar-refractivity contribution in [1.82, 2.24) is 21.6 Å². The van der Waals surface area contributed by atoms with E-state index in [1.165, 1.54) is 0 Å². The molecule has 8 heteroatoms. The van der Waals surface area contributed by atoms with Crippen LogP contribution in [0.5, 0.6) is 5.75 Å². The monoisotopic (exact) mass is 403 g/mol. The molecular weight excluding hydrogens is 386 g/mol. The van der Waals surface area contributed by atoms with Gasteiger partial charge in [0.25, 0.3) is 0 Å². The van der Waals surface area contributed by atoms with Crippen molar-refractivity contribution < 1.29 is 9.53 Å². The molecule has 7 nitrogen and oxygen atoms in total. The van der Waals surface area contributed by atoms with E-state index >= 15 is 0 Å². The fraction of sp³-hybridized carbons (Fsp3) is 0.176. The summed E-state index contributed by atoms with van der Waals surface area (Å²) in [5.41, 5.74) is 10.1. The first kappa shape index (κ1) is 17.2. The van der Waals surface area contributed by atoms with Crippen LogP contribution in [0.2, 0.25) is 0 Å². The van der Waals surface area contributed by atoms with Crippen molar-refractivity contribution in [3.05, 3.63) is 64.1 Å². The summed E-state index contributed by atoms with van der Waals surface area (Å²) in [6.45, 7) is 1.03. The summed E-state index contributed by atoms with van der Waals surface area (Å²) in [5, 5.41) is 6.84. The number of urea groups is 1. The first-order valence-corrected chi connectivity index (χ1v) is 8.53. The number of halogens is 1. The van der Waals surface area contributed by atoms with Gasteiger partial charge in [0.2, 0.25) is 0 Å². The summed E-state index contributed by atoms with van der Waals surface area (Å²) in [5.74, 6) is 0.767. The van der Waals surface area contributed by atoms with Gasteiger partial charge in [-0.1, -0.05) is 40.2 Å². The number of carbonyl (C=O) groups is 1. The number of hydrazine groups is 1. The normalized spacial score (nSPS) is 17.0. The highest BCUT2D eigenvalue weighted by Gasteiger charge is 2.15. The van der Waals surface area contributed by atoms with Crippen LogP contribution in [0.3, 0.4) is 0 Å². The Kier molecular flexibility index (Phi) is 5.86. The SMILES string of the molecule is O=C1NNCC(N/N=C/c2cccc(OCc3ccc(Br)cc3)c2)N1. The van der Waals surface area contributed by atoms with Crippen molar-refractivity contribution >= 4 is 28.2 Å². The van der Waals surface area contributed by atoms with Gasteiger partial charge in [0, 0.05) is 4.47 Å². The van der Waals surface area contributed by atoms with Crippen molar-refractivity contribution in [3.8, 4) is 5.75 Å². The summed E-state index contributed by atoms with van der Waals surface area (Å²) >= 11 is 3.42. The summed E-state index contributed by atoms with van der Waals surface area (Å²) in [6, 6.07) is 15.4. The van der Waals surface area contributed by atoms with Crippen LogP contribution >= 0.6 is 15.9 Å². The Balaban J connectivity index is 1.52. The van der Waals surface area contributed by atoms with Gasteiger partial charge >= 0.3 is 6.03 Å². The third kappa shape index (κ3) is 5.47. The standard InChI is InChI=1S/C17H18BrN5O2/c18-14-6-4-12(5-7-14)11-25-15-3-1-2-13(8-15)9-19-22-16-10-20-23-17(24)21-16/h1-9,16,20,22H,10-11H2,(H2,21,23,24)/b19-9+. The summed E-state index contributed by atoms with van der Waals surface area (Å²) < 4.78 is 6.85. The number of benzene rings is 2. The van der Waals surface area contributed by atoms with E-state index in [4.69, 9.17) is 4.74 Å². The number of hydrogen-bond donors (Lipinski definition) is 4. The van der Waals surface area contributed by atoms with Crippen LogP contribution in [0.15, 0.2) is 58.1 Å². The number of nitrogens with one attached hydrogen (secondary N) is 4. The highest BCUT2D eigenvalue weighted by molar-refractivity contribution is 9.10. The highest BCUT2D eigenvalue weighted by atomic mass is 79.9. The Morgan fingerprint density at radius 3 is 2.92 bits per heavy atom. The van der Waals surface area contributed by atoms with Crippen LogP contribution in [0.4, 0.5) is 4.79 Å². The molecule has 4 N–H and O–H groups in total. The maximum absolute atomic E-state index is 11.2. The number of ether oxygens (including phenoxy) is 1.